The number of fused-ring (bicyclic) bond motifs is 2. The first-order valence-electron chi connectivity index (χ1n) is 10.8. The molecule has 2 aliphatic rings. The molecule has 1 amide bonds. The maximum Gasteiger partial charge on any atom is 0.266 e. The number of aromatic nitrogens is 2. The molecule has 0 spiro atoms. The van der Waals surface area contributed by atoms with Crippen LogP contribution in [0.2, 0.25) is 0 Å². The number of hydrogen-bond acceptors (Lipinski definition) is 6. The van der Waals surface area contributed by atoms with Gasteiger partial charge in [-0.05, 0) is 61.0 Å². The van der Waals surface area contributed by atoms with E-state index in [1.807, 2.05) is 47.1 Å². The monoisotopic (exact) mass is 471 g/mol. The number of anilines is 1. The van der Waals surface area contributed by atoms with Crippen molar-refractivity contribution in [1.29, 1.82) is 0 Å². The van der Waals surface area contributed by atoms with Crippen LogP contribution >= 0.6 is 34.9 Å². The fraction of sp³-hybridized carbons (Fsp3) is 0.435. The van der Waals surface area contributed by atoms with E-state index in [4.69, 9.17) is 4.98 Å². The molecular weight excluding hydrogens is 446 g/mol. The van der Waals surface area contributed by atoms with Gasteiger partial charge in [-0.1, -0.05) is 18.6 Å². The van der Waals surface area contributed by atoms with E-state index in [9.17, 15) is 9.59 Å². The molecule has 0 bridgehead atoms. The number of thioether (sulfide) groups is 2. The number of carbonyl (C=O) groups excluding carboxylic acids is 1. The number of amides is 1. The van der Waals surface area contributed by atoms with Crippen LogP contribution in [-0.2, 0) is 13.0 Å². The van der Waals surface area contributed by atoms with Crippen LogP contribution in [0.25, 0.3) is 10.2 Å². The summed E-state index contributed by atoms with van der Waals surface area (Å²) in [6.45, 7) is 2.59. The predicted molar refractivity (Wildman–Crippen MR) is 133 cm³/mol. The molecule has 5 nitrogen and oxygen atoms in total. The molecule has 2 aliphatic heterocycles. The van der Waals surface area contributed by atoms with Crippen LogP contribution in [0, 0.1) is 6.92 Å². The molecule has 3 aromatic rings. The Balaban J connectivity index is 1.45. The fourth-order valence-electron chi connectivity index (χ4n) is 4.26. The maximum atomic E-state index is 13.2. The van der Waals surface area contributed by atoms with Crippen molar-refractivity contribution in [2.24, 2.45) is 0 Å². The van der Waals surface area contributed by atoms with E-state index in [0.29, 0.717) is 19.7 Å². The summed E-state index contributed by atoms with van der Waals surface area (Å²) in [5, 5.41) is 3.66. The van der Waals surface area contributed by atoms with Crippen LogP contribution in [-0.4, -0.2) is 27.0 Å². The highest BCUT2D eigenvalue weighted by atomic mass is 32.2. The summed E-state index contributed by atoms with van der Waals surface area (Å²) in [5.74, 6) is 3.06. The standard InChI is InChI=1S/C23H25N3O2S3/c1-14-18-21(25-17-9-3-2-4-10-26(17)22(18)28)31-19(14)20(27)24-16-8-5-7-15(13-16)23-29-11-6-12-30-23/h5,7-8,13,23H,2-4,6,9-12H2,1H3,(H,24,27). The summed E-state index contributed by atoms with van der Waals surface area (Å²) < 4.78 is 2.25. The van der Waals surface area contributed by atoms with E-state index in [1.54, 1.807) is 0 Å². The van der Waals surface area contributed by atoms with Gasteiger partial charge in [0.15, 0.2) is 0 Å². The molecule has 31 heavy (non-hydrogen) atoms. The largest absolute Gasteiger partial charge is 0.321 e. The fourth-order valence-corrected chi connectivity index (χ4v) is 8.22. The summed E-state index contributed by atoms with van der Waals surface area (Å²) in [4.78, 5) is 32.3. The normalized spacial score (nSPS) is 17.3. The third kappa shape index (κ3) is 4.17. The van der Waals surface area contributed by atoms with Crippen molar-refractivity contribution < 1.29 is 4.79 Å². The van der Waals surface area contributed by atoms with Crippen molar-refractivity contribution in [3.8, 4) is 0 Å². The Hall–Kier alpha value is -1.77. The quantitative estimate of drug-likeness (QED) is 0.538. The smallest absolute Gasteiger partial charge is 0.266 e. The van der Waals surface area contributed by atoms with Crippen molar-refractivity contribution in [1.82, 2.24) is 9.55 Å². The Morgan fingerprint density at radius 3 is 2.84 bits per heavy atom. The molecule has 1 fully saturated rings. The van der Waals surface area contributed by atoms with Crippen LogP contribution in [0.3, 0.4) is 0 Å². The number of rotatable bonds is 3. The second-order valence-electron chi connectivity index (χ2n) is 8.04. The Bertz CT molecular complexity index is 1190. The number of carbonyl (C=O) groups is 1. The average molecular weight is 472 g/mol. The molecule has 1 saturated heterocycles. The van der Waals surface area contributed by atoms with Crippen molar-refractivity contribution >= 4 is 56.7 Å². The predicted octanol–water partition coefficient (Wildman–Crippen LogP) is 5.61. The zero-order valence-electron chi connectivity index (χ0n) is 17.5. The van der Waals surface area contributed by atoms with E-state index in [1.165, 1.54) is 34.8 Å². The van der Waals surface area contributed by atoms with Gasteiger partial charge in [0.05, 0.1) is 14.8 Å². The van der Waals surface area contributed by atoms with E-state index in [2.05, 4.69) is 17.4 Å². The van der Waals surface area contributed by atoms with E-state index in [-0.39, 0.29) is 11.5 Å². The van der Waals surface area contributed by atoms with E-state index in [0.717, 1.165) is 49.3 Å². The summed E-state index contributed by atoms with van der Waals surface area (Å²) in [6, 6.07) is 8.14. The van der Waals surface area contributed by atoms with Crippen LogP contribution in [0.15, 0.2) is 29.1 Å². The lowest BCUT2D eigenvalue weighted by Gasteiger charge is -2.21. The zero-order chi connectivity index (χ0) is 21.4. The SMILES string of the molecule is Cc1c(C(=O)Nc2cccc(C3SCCCS3)c2)sc2nc3n(c(=O)c12)CCCCC3. The van der Waals surface area contributed by atoms with Gasteiger partial charge in [-0.3, -0.25) is 14.2 Å². The van der Waals surface area contributed by atoms with E-state index < -0.39 is 0 Å². The third-order valence-corrected chi connectivity index (χ3v) is 10.1. The highest BCUT2D eigenvalue weighted by Gasteiger charge is 2.23. The highest BCUT2D eigenvalue weighted by molar-refractivity contribution is 8.16. The molecule has 0 atom stereocenters. The van der Waals surface area contributed by atoms with Crippen LogP contribution in [0.4, 0.5) is 5.69 Å². The lowest BCUT2D eigenvalue weighted by Crippen LogP contribution is -2.24. The first-order chi connectivity index (χ1) is 15.1. The molecule has 162 valence electrons. The average Bonchev–Trinajstić information content (AvgIpc) is 2.95. The number of nitrogens with zero attached hydrogens (tertiary/aromatic N) is 2. The molecule has 4 heterocycles. The zero-order valence-corrected chi connectivity index (χ0v) is 19.9. The summed E-state index contributed by atoms with van der Waals surface area (Å²) >= 11 is 5.27. The first kappa shape index (κ1) is 21.1. The molecule has 0 saturated carbocycles. The summed E-state index contributed by atoms with van der Waals surface area (Å²) in [5.41, 5.74) is 2.78. The van der Waals surface area contributed by atoms with Gasteiger partial charge in [0.1, 0.15) is 10.7 Å². The molecule has 1 aromatic carbocycles. The van der Waals surface area contributed by atoms with Gasteiger partial charge < -0.3 is 5.32 Å². The van der Waals surface area contributed by atoms with Crippen LogP contribution < -0.4 is 10.9 Å². The van der Waals surface area contributed by atoms with Crippen molar-refractivity contribution in [3.05, 3.63) is 56.4 Å². The van der Waals surface area contributed by atoms with E-state index >= 15 is 0 Å². The molecule has 1 N–H and O–H groups in total. The van der Waals surface area contributed by atoms with Gasteiger partial charge in [-0.15, -0.1) is 34.9 Å². The van der Waals surface area contributed by atoms with Crippen molar-refractivity contribution in [2.75, 3.05) is 16.8 Å². The van der Waals surface area contributed by atoms with Gasteiger partial charge in [-0.2, -0.15) is 0 Å². The van der Waals surface area contributed by atoms with Crippen molar-refractivity contribution in [3.63, 3.8) is 0 Å². The molecule has 0 radical (unpaired) electrons. The maximum absolute atomic E-state index is 13.2. The molecule has 0 unspecified atom stereocenters. The number of aryl methyl sites for hydroxylation is 2. The summed E-state index contributed by atoms with van der Waals surface area (Å²) in [7, 11) is 0. The number of benzene rings is 1. The molecule has 5 rings (SSSR count). The third-order valence-electron chi connectivity index (χ3n) is 5.86. The van der Waals surface area contributed by atoms with Crippen LogP contribution in [0.1, 0.15) is 56.9 Å². The number of hydrogen-bond donors (Lipinski definition) is 1. The van der Waals surface area contributed by atoms with Gasteiger partial charge in [0.2, 0.25) is 0 Å². The summed E-state index contributed by atoms with van der Waals surface area (Å²) in [6.07, 6.45) is 5.27. The number of nitrogens with one attached hydrogen (secondary N) is 1. The molecule has 2 aromatic heterocycles. The lowest BCUT2D eigenvalue weighted by molar-refractivity contribution is 0.103. The second-order valence-corrected chi connectivity index (χ2v) is 11.8. The second kappa shape index (κ2) is 9.00. The number of thiophene rings is 1. The molecule has 0 aliphatic carbocycles. The molecule has 8 heteroatoms. The first-order valence-corrected chi connectivity index (χ1v) is 13.7. The lowest BCUT2D eigenvalue weighted by atomic mass is 10.2. The van der Waals surface area contributed by atoms with Gasteiger partial charge in [0, 0.05) is 18.7 Å². The Labute approximate surface area is 194 Å². The Morgan fingerprint density at radius 1 is 1.16 bits per heavy atom. The Morgan fingerprint density at radius 2 is 2.00 bits per heavy atom. The molecular formula is C23H25N3O2S3. The van der Waals surface area contributed by atoms with Crippen LogP contribution in [0.5, 0.6) is 0 Å². The van der Waals surface area contributed by atoms with Gasteiger partial charge in [0.25, 0.3) is 11.5 Å². The Kier molecular flexibility index (Phi) is 6.12. The topological polar surface area (TPSA) is 64.0 Å². The highest BCUT2D eigenvalue weighted by Crippen LogP contribution is 2.44. The minimum absolute atomic E-state index is 0.00282. The minimum atomic E-state index is -0.166. The minimum Gasteiger partial charge on any atom is -0.321 e. The van der Waals surface area contributed by atoms with Gasteiger partial charge >= 0.3 is 0 Å². The van der Waals surface area contributed by atoms with Crippen molar-refractivity contribution in [2.45, 2.75) is 50.2 Å². The van der Waals surface area contributed by atoms with Gasteiger partial charge in [-0.25, -0.2) is 4.98 Å².